The maximum atomic E-state index is 11.8. The predicted molar refractivity (Wildman–Crippen MR) is 84.7 cm³/mol. The van der Waals surface area contributed by atoms with Crippen molar-refractivity contribution < 1.29 is 9.53 Å². The maximum absolute atomic E-state index is 11.8. The molecule has 0 spiro atoms. The molecule has 0 aliphatic rings. The van der Waals surface area contributed by atoms with Gasteiger partial charge in [0.15, 0.2) is 6.61 Å². The van der Waals surface area contributed by atoms with E-state index in [1.54, 1.807) is 6.07 Å². The average molecular weight is 304 g/mol. The topological polar surface area (TPSA) is 38.3 Å². The second-order valence-corrected chi connectivity index (χ2v) is 5.39. The Morgan fingerprint density at radius 3 is 2.48 bits per heavy atom. The Balaban J connectivity index is 1.82. The van der Waals surface area contributed by atoms with Crippen LogP contribution < -0.4 is 10.1 Å². The predicted octanol–water partition coefficient (Wildman–Crippen LogP) is 3.65. The van der Waals surface area contributed by atoms with Gasteiger partial charge < -0.3 is 10.1 Å². The van der Waals surface area contributed by atoms with E-state index < -0.39 is 0 Å². The minimum absolute atomic E-state index is 0.0466. The molecule has 0 atom stereocenters. The summed E-state index contributed by atoms with van der Waals surface area (Å²) in [6.45, 7) is 4.42. The summed E-state index contributed by atoms with van der Waals surface area (Å²) in [4.78, 5) is 11.8. The molecule has 21 heavy (non-hydrogen) atoms. The number of amides is 1. The second-order valence-electron chi connectivity index (χ2n) is 4.98. The van der Waals surface area contributed by atoms with Crippen molar-refractivity contribution >= 4 is 17.5 Å². The van der Waals surface area contributed by atoms with Gasteiger partial charge in [0.25, 0.3) is 5.91 Å². The molecule has 110 valence electrons. The monoisotopic (exact) mass is 303 g/mol. The van der Waals surface area contributed by atoms with E-state index in [9.17, 15) is 4.79 Å². The minimum Gasteiger partial charge on any atom is -0.482 e. The molecule has 0 heterocycles. The van der Waals surface area contributed by atoms with Crippen LogP contribution in [0.25, 0.3) is 0 Å². The van der Waals surface area contributed by atoms with Crippen LogP contribution in [-0.2, 0) is 11.3 Å². The molecule has 4 heteroatoms. The number of hydrogen-bond donors (Lipinski definition) is 1. The van der Waals surface area contributed by atoms with Crippen LogP contribution in [0, 0.1) is 13.8 Å². The molecular weight excluding hydrogens is 286 g/mol. The van der Waals surface area contributed by atoms with Crippen LogP contribution in [0.3, 0.4) is 0 Å². The molecule has 1 N–H and O–H groups in total. The Hall–Kier alpha value is -2.00. The van der Waals surface area contributed by atoms with Crippen LogP contribution in [0.5, 0.6) is 5.75 Å². The number of nitrogens with one attached hydrogen (secondary N) is 1. The molecule has 0 aliphatic heterocycles. The molecule has 2 rings (SSSR count). The summed E-state index contributed by atoms with van der Waals surface area (Å²) in [5, 5.41) is 3.32. The van der Waals surface area contributed by atoms with Gasteiger partial charge in [-0.2, -0.15) is 0 Å². The lowest BCUT2D eigenvalue weighted by Gasteiger charge is -2.09. The first-order valence-corrected chi connectivity index (χ1v) is 7.13. The van der Waals surface area contributed by atoms with Gasteiger partial charge in [0, 0.05) is 6.54 Å². The molecular formula is C17H18ClNO2. The Kier molecular flexibility index (Phi) is 5.23. The first-order chi connectivity index (χ1) is 10.0. The average Bonchev–Trinajstić information content (AvgIpc) is 2.47. The van der Waals surface area contributed by atoms with Crippen molar-refractivity contribution in [3.63, 3.8) is 0 Å². The zero-order valence-corrected chi connectivity index (χ0v) is 12.9. The Labute approximate surface area is 129 Å². The molecule has 0 aromatic heterocycles. The van der Waals surface area contributed by atoms with E-state index >= 15 is 0 Å². The third kappa shape index (κ3) is 4.80. The van der Waals surface area contributed by atoms with Crippen LogP contribution in [0.2, 0.25) is 5.02 Å². The van der Waals surface area contributed by atoms with Gasteiger partial charge in [0.2, 0.25) is 0 Å². The highest BCUT2D eigenvalue weighted by Gasteiger charge is 2.06. The van der Waals surface area contributed by atoms with Gasteiger partial charge in [-0.05, 0) is 37.1 Å². The summed E-state index contributed by atoms with van der Waals surface area (Å²) in [6.07, 6.45) is 0. The Morgan fingerprint density at radius 1 is 1.10 bits per heavy atom. The zero-order valence-electron chi connectivity index (χ0n) is 12.2. The molecule has 0 saturated heterocycles. The first kappa shape index (κ1) is 15.4. The van der Waals surface area contributed by atoms with Gasteiger partial charge in [-0.25, -0.2) is 0 Å². The van der Waals surface area contributed by atoms with Crippen LogP contribution in [-0.4, -0.2) is 12.5 Å². The fourth-order valence-electron chi connectivity index (χ4n) is 1.82. The summed E-state index contributed by atoms with van der Waals surface area (Å²) in [5.41, 5.74) is 3.29. The van der Waals surface area contributed by atoms with Gasteiger partial charge in [-0.1, -0.05) is 47.5 Å². The van der Waals surface area contributed by atoms with Crippen molar-refractivity contribution in [2.24, 2.45) is 0 Å². The number of aryl methyl sites for hydroxylation is 2. The largest absolute Gasteiger partial charge is 0.482 e. The van der Waals surface area contributed by atoms with Gasteiger partial charge >= 0.3 is 0 Å². The smallest absolute Gasteiger partial charge is 0.258 e. The molecule has 0 aliphatic carbocycles. The number of ether oxygens (including phenoxy) is 1. The SMILES string of the molecule is Cc1ccc(CNC(=O)COc2cc(C)ccc2Cl)cc1. The molecule has 0 radical (unpaired) electrons. The summed E-state index contributed by atoms with van der Waals surface area (Å²) in [5.74, 6) is 0.357. The number of hydrogen-bond acceptors (Lipinski definition) is 2. The number of rotatable bonds is 5. The van der Waals surface area contributed by atoms with Crippen LogP contribution in [0.1, 0.15) is 16.7 Å². The fraction of sp³-hybridized carbons (Fsp3) is 0.235. The van der Waals surface area contributed by atoms with Crippen LogP contribution in [0.4, 0.5) is 0 Å². The molecule has 0 bridgehead atoms. The highest BCUT2D eigenvalue weighted by molar-refractivity contribution is 6.32. The van der Waals surface area contributed by atoms with Gasteiger partial charge in [0.1, 0.15) is 5.75 Å². The van der Waals surface area contributed by atoms with E-state index in [2.05, 4.69) is 5.32 Å². The normalized spacial score (nSPS) is 10.2. The standard InChI is InChI=1S/C17H18ClNO2/c1-12-3-6-14(7-4-12)10-19-17(20)11-21-16-9-13(2)5-8-15(16)18/h3-9H,10-11H2,1-2H3,(H,19,20). The van der Waals surface area contributed by atoms with E-state index in [-0.39, 0.29) is 12.5 Å². The second kappa shape index (κ2) is 7.14. The molecule has 0 unspecified atom stereocenters. The molecule has 0 fully saturated rings. The third-order valence-electron chi connectivity index (χ3n) is 3.06. The summed E-state index contributed by atoms with van der Waals surface area (Å²) in [6, 6.07) is 13.5. The van der Waals surface area contributed by atoms with E-state index in [4.69, 9.17) is 16.3 Å². The lowest BCUT2D eigenvalue weighted by Crippen LogP contribution is -2.28. The fourth-order valence-corrected chi connectivity index (χ4v) is 1.99. The first-order valence-electron chi connectivity index (χ1n) is 6.76. The van der Waals surface area contributed by atoms with Gasteiger partial charge in [-0.15, -0.1) is 0 Å². The summed E-state index contributed by atoms with van der Waals surface area (Å²) in [7, 11) is 0. The highest BCUT2D eigenvalue weighted by atomic mass is 35.5. The van der Waals surface area contributed by atoms with Crippen molar-refractivity contribution in [2.45, 2.75) is 20.4 Å². The van der Waals surface area contributed by atoms with Crippen molar-refractivity contribution in [2.75, 3.05) is 6.61 Å². The molecule has 3 nitrogen and oxygen atoms in total. The molecule has 2 aromatic carbocycles. The van der Waals surface area contributed by atoms with Crippen LogP contribution >= 0.6 is 11.6 Å². The van der Waals surface area contributed by atoms with E-state index in [0.717, 1.165) is 11.1 Å². The lowest BCUT2D eigenvalue weighted by atomic mass is 10.1. The highest BCUT2D eigenvalue weighted by Crippen LogP contribution is 2.24. The quantitative estimate of drug-likeness (QED) is 0.915. The van der Waals surface area contributed by atoms with E-state index in [1.165, 1.54) is 5.56 Å². The summed E-state index contributed by atoms with van der Waals surface area (Å²) >= 11 is 6.01. The van der Waals surface area contributed by atoms with Crippen molar-refractivity contribution in [1.82, 2.24) is 5.32 Å². The van der Waals surface area contributed by atoms with Crippen molar-refractivity contribution in [3.8, 4) is 5.75 Å². The Bertz CT molecular complexity index is 623. The minimum atomic E-state index is -0.173. The third-order valence-corrected chi connectivity index (χ3v) is 3.37. The Morgan fingerprint density at radius 2 is 1.76 bits per heavy atom. The van der Waals surface area contributed by atoms with Gasteiger partial charge in [-0.3, -0.25) is 4.79 Å². The van der Waals surface area contributed by atoms with Crippen LogP contribution in [0.15, 0.2) is 42.5 Å². The maximum Gasteiger partial charge on any atom is 0.258 e. The molecule has 2 aromatic rings. The number of benzene rings is 2. The van der Waals surface area contributed by atoms with Crippen molar-refractivity contribution in [1.29, 1.82) is 0 Å². The summed E-state index contributed by atoms with van der Waals surface area (Å²) < 4.78 is 5.44. The van der Waals surface area contributed by atoms with Crippen molar-refractivity contribution in [3.05, 3.63) is 64.2 Å². The van der Waals surface area contributed by atoms with E-state index in [1.807, 2.05) is 50.2 Å². The lowest BCUT2D eigenvalue weighted by molar-refractivity contribution is -0.123. The van der Waals surface area contributed by atoms with E-state index in [0.29, 0.717) is 17.3 Å². The molecule has 0 saturated carbocycles. The number of halogens is 1. The number of carbonyl (C=O) groups is 1. The number of carbonyl (C=O) groups excluding carboxylic acids is 1. The zero-order chi connectivity index (χ0) is 15.2. The molecule has 1 amide bonds. The van der Waals surface area contributed by atoms with Gasteiger partial charge in [0.05, 0.1) is 5.02 Å².